The Morgan fingerprint density at radius 3 is 2.95 bits per heavy atom. The number of nitrogens with zero attached hydrogens (tertiary/aromatic N) is 2. The van der Waals surface area contributed by atoms with Crippen molar-refractivity contribution in [2.45, 2.75) is 31.8 Å². The summed E-state index contributed by atoms with van der Waals surface area (Å²) in [6.45, 7) is 2.49. The Bertz CT molecular complexity index is 475. The molecule has 0 radical (unpaired) electrons. The van der Waals surface area contributed by atoms with Gasteiger partial charge in [-0.3, -0.25) is 10.1 Å². The fourth-order valence-electron chi connectivity index (χ4n) is 2.67. The predicted octanol–water partition coefficient (Wildman–Crippen LogP) is 2.82. The third-order valence-electron chi connectivity index (χ3n) is 3.62. The van der Waals surface area contributed by atoms with Crippen LogP contribution in [0.5, 0.6) is 0 Å². The molecule has 6 heteroatoms. The average molecular weight is 298 g/mol. The quantitative estimate of drug-likeness (QED) is 0.671. The number of likely N-dealkylation sites (N-methyl/N-ethyl adjacent to an activating group) is 1. The van der Waals surface area contributed by atoms with E-state index in [9.17, 15) is 10.1 Å². The van der Waals surface area contributed by atoms with Gasteiger partial charge in [0.05, 0.1) is 4.92 Å². The smallest absolute Gasteiger partial charge is 0.273 e. The van der Waals surface area contributed by atoms with Gasteiger partial charge in [-0.15, -0.1) is 0 Å². The van der Waals surface area contributed by atoms with Crippen molar-refractivity contribution in [3.05, 3.63) is 38.9 Å². The highest BCUT2D eigenvalue weighted by atomic mass is 35.5. The monoisotopic (exact) mass is 297 g/mol. The molecule has 20 heavy (non-hydrogen) atoms. The number of rotatable bonds is 5. The summed E-state index contributed by atoms with van der Waals surface area (Å²) in [6, 6.07) is 5.20. The van der Waals surface area contributed by atoms with E-state index in [-0.39, 0.29) is 10.6 Å². The van der Waals surface area contributed by atoms with Gasteiger partial charge in [-0.25, -0.2) is 0 Å². The van der Waals surface area contributed by atoms with Gasteiger partial charge in [0.2, 0.25) is 0 Å². The molecule has 0 saturated carbocycles. The molecule has 1 heterocycles. The van der Waals surface area contributed by atoms with Crippen molar-refractivity contribution in [1.82, 2.24) is 10.2 Å². The van der Waals surface area contributed by atoms with Gasteiger partial charge in [0, 0.05) is 35.8 Å². The molecule has 5 nitrogen and oxygen atoms in total. The second kappa shape index (κ2) is 7.02. The minimum Gasteiger partial charge on any atom is -0.313 e. The van der Waals surface area contributed by atoms with Crippen LogP contribution in [0.15, 0.2) is 18.2 Å². The average Bonchev–Trinajstić information content (AvgIpc) is 2.39. The first-order chi connectivity index (χ1) is 9.56. The van der Waals surface area contributed by atoms with Crippen LogP contribution in [0.1, 0.15) is 24.8 Å². The molecule has 0 bridgehead atoms. The third kappa shape index (κ3) is 4.16. The first kappa shape index (κ1) is 15.2. The van der Waals surface area contributed by atoms with E-state index in [1.165, 1.54) is 25.3 Å². The lowest BCUT2D eigenvalue weighted by atomic mass is 10.0. The summed E-state index contributed by atoms with van der Waals surface area (Å²) in [4.78, 5) is 12.8. The molecule has 1 aromatic carbocycles. The summed E-state index contributed by atoms with van der Waals surface area (Å²) in [6.07, 6.45) is 3.66. The largest absolute Gasteiger partial charge is 0.313 e. The maximum Gasteiger partial charge on any atom is 0.273 e. The molecular formula is C14H20ClN3O2. The summed E-state index contributed by atoms with van der Waals surface area (Å²) in [5, 5.41) is 15.1. The SMILES string of the molecule is CN(Cc1cc(Cl)ccc1[N+](=O)[O-])CC1CCCCN1. The molecule has 1 unspecified atom stereocenters. The fraction of sp³-hybridized carbons (Fsp3) is 0.571. The highest BCUT2D eigenvalue weighted by molar-refractivity contribution is 6.30. The van der Waals surface area contributed by atoms with Gasteiger partial charge in [-0.05, 0) is 38.6 Å². The van der Waals surface area contributed by atoms with Crippen molar-refractivity contribution in [3.63, 3.8) is 0 Å². The fourth-order valence-corrected chi connectivity index (χ4v) is 2.86. The summed E-state index contributed by atoms with van der Waals surface area (Å²) in [5.41, 5.74) is 0.804. The van der Waals surface area contributed by atoms with Crippen LogP contribution in [0.2, 0.25) is 5.02 Å². The van der Waals surface area contributed by atoms with E-state index < -0.39 is 0 Å². The molecule has 1 fully saturated rings. The first-order valence-electron chi connectivity index (χ1n) is 6.91. The minimum atomic E-state index is -0.349. The van der Waals surface area contributed by atoms with Gasteiger partial charge in [-0.1, -0.05) is 18.0 Å². The van der Waals surface area contributed by atoms with Gasteiger partial charge >= 0.3 is 0 Å². The van der Waals surface area contributed by atoms with Crippen LogP contribution in [-0.2, 0) is 6.54 Å². The zero-order valence-corrected chi connectivity index (χ0v) is 12.4. The number of halogens is 1. The van der Waals surface area contributed by atoms with E-state index in [1.807, 2.05) is 7.05 Å². The Morgan fingerprint density at radius 1 is 1.50 bits per heavy atom. The molecule has 1 aliphatic rings. The van der Waals surface area contributed by atoms with E-state index in [1.54, 1.807) is 12.1 Å². The topological polar surface area (TPSA) is 58.4 Å². The van der Waals surface area contributed by atoms with Gasteiger partial charge in [0.25, 0.3) is 5.69 Å². The lowest BCUT2D eigenvalue weighted by Crippen LogP contribution is -2.42. The van der Waals surface area contributed by atoms with Gasteiger partial charge in [0.1, 0.15) is 0 Å². The van der Waals surface area contributed by atoms with Crippen LogP contribution in [0, 0.1) is 10.1 Å². The molecule has 1 saturated heterocycles. The van der Waals surface area contributed by atoms with Crippen molar-refractivity contribution in [3.8, 4) is 0 Å². The van der Waals surface area contributed by atoms with E-state index in [4.69, 9.17) is 11.6 Å². The van der Waals surface area contributed by atoms with E-state index in [0.29, 0.717) is 23.2 Å². The lowest BCUT2D eigenvalue weighted by Gasteiger charge is -2.28. The van der Waals surface area contributed by atoms with Crippen molar-refractivity contribution < 1.29 is 4.92 Å². The van der Waals surface area contributed by atoms with Crippen LogP contribution in [0.25, 0.3) is 0 Å². The van der Waals surface area contributed by atoms with Crippen LogP contribution >= 0.6 is 11.6 Å². The summed E-state index contributed by atoms with van der Waals surface area (Å²) < 4.78 is 0. The number of benzene rings is 1. The first-order valence-corrected chi connectivity index (χ1v) is 7.29. The molecule has 110 valence electrons. The minimum absolute atomic E-state index is 0.137. The predicted molar refractivity (Wildman–Crippen MR) is 80.1 cm³/mol. The lowest BCUT2D eigenvalue weighted by molar-refractivity contribution is -0.385. The molecule has 0 amide bonds. The molecule has 1 atom stereocenters. The maximum atomic E-state index is 11.0. The van der Waals surface area contributed by atoms with Crippen molar-refractivity contribution >= 4 is 17.3 Å². The van der Waals surface area contributed by atoms with Crippen LogP contribution in [0.3, 0.4) is 0 Å². The number of piperidine rings is 1. The highest BCUT2D eigenvalue weighted by Crippen LogP contribution is 2.24. The Kier molecular flexibility index (Phi) is 5.34. The Hall–Kier alpha value is -1.17. The zero-order valence-electron chi connectivity index (χ0n) is 11.6. The Labute approximate surface area is 124 Å². The zero-order chi connectivity index (χ0) is 14.5. The second-order valence-corrected chi connectivity index (χ2v) is 5.81. The molecule has 0 aromatic heterocycles. The summed E-state index contributed by atoms with van der Waals surface area (Å²) in [5.74, 6) is 0. The summed E-state index contributed by atoms with van der Waals surface area (Å²) >= 11 is 5.94. The van der Waals surface area contributed by atoms with Crippen molar-refractivity contribution in [2.75, 3.05) is 20.1 Å². The second-order valence-electron chi connectivity index (χ2n) is 5.37. The van der Waals surface area contributed by atoms with Gasteiger partial charge in [0.15, 0.2) is 0 Å². The highest BCUT2D eigenvalue weighted by Gasteiger charge is 2.18. The molecule has 2 rings (SSSR count). The molecule has 0 spiro atoms. The molecule has 0 aliphatic carbocycles. The van der Waals surface area contributed by atoms with E-state index in [0.717, 1.165) is 13.1 Å². The summed E-state index contributed by atoms with van der Waals surface area (Å²) in [7, 11) is 1.99. The number of hydrogen-bond donors (Lipinski definition) is 1. The molecule has 1 N–H and O–H groups in total. The molecule has 1 aromatic rings. The molecule has 1 aliphatic heterocycles. The standard InChI is InChI=1S/C14H20ClN3O2/c1-17(10-13-4-2-3-7-16-13)9-11-8-12(15)5-6-14(11)18(19)20/h5-6,8,13,16H,2-4,7,9-10H2,1H3. The van der Waals surface area contributed by atoms with Gasteiger partial charge in [-0.2, -0.15) is 0 Å². The molecular weight excluding hydrogens is 278 g/mol. The Balaban J connectivity index is 2.00. The van der Waals surface area contributed by atoms with Crippen molar-refractivity contribution in [2.24, 2.45) is 0 Å². The van der Waals surface area contributed by atoms with Crippen LogP contribution < -0.4 is 5.32 Å². The number of hydrogen-bond acceptors (Lipinski definition) is 4. The van der Waals surface area contributed by atoms with E-state index in [2.05, 4.69) is 10.2 Å². The van der Waals surface area contributed by atoms with E-state index >= 15 is 0 Å². The maximum absolute atomic E-state index is 11.0. The number of nitro benzene ring substituents is 1. The normalized spacial score (nSPS) is 19.2. The third-order valence-corrected chi connectivity index (χ3v) is 3.86. The number of nitrogens with one attached hydrogen (secondary N) is 1. The van der Waals surface area contributed by atoms with Crippen molar-refractivity contribution in [1.29, 1.82) is 0 Å². The number of nitro groups is 1. The van der Waals surface area contributed by atoms with Crippen LogP contribution in [-0.4, -0.2) is 36.0 Å². The Morgan fingerprint density at radius 2 is 2.30 bits per heavy atom. The van der Waals surface area contributed by atoms with Gasteiger partial charge < -0.3 is 10.2 Å². The van der Waals surface area contributed by atoms with Crippen LogP contribution in [0.4, 0.5) is 5.69 Å².